The molecule has 1 saturated carbocycles. The van der Waals surface area contributed by atoms with Crippen molar-refractivity contribution in [2.45, 2.75) is 57.6 Å². The summed E-state index contributed by atoms with van der Waals surface area (Å²) < 4.78 is 1.83. The van der Waals surface area contributed by atoms with Crippen LogP contribution in [0.3, 0.4) is 0 Å². The predicted octanol–water partition coefficient (Wildman–Crippen LogP) is 2.78. The van der Waals surface area contributed by atoms with E-state index in [1.54, 1.807) is 0 Å². The fourth-order valence-electron chi connectivity index (χ4n) is 5.11. The summed E-state index contributed by atoms with van der Waals surface area (Å²) >= 11 is 0. The van der Waals surface area contributed by atoms with Crippen molar-refractivity contribution in [3.05, 3.63) is 28.7 Å². The molecule has 9 nitrogen and oxygen atoms in total. The van der Waals surface area contributed by atoms with Gasteiger partial charge in [-0.25, -0.2) is 9.97 Å². The van der Waals surface area contributed by atoms with Gasteiger partial charge in [-0.3, -0.25) is 9.36 Å². The molecule has 182 valence electrons. The highest BCUT2D eigenvalue weighted by atomic mass is 16.3. The van der Waals surface area contributed by atoms with Gasteiger partial charge in [-0.2, -0.15) is 4.98 Å². The Morgan fingerprint density at radius 1 is 1.06 bits per heavy atom. The summed E-state index contributed by atoms with van der Waals surface area (Å²) in [5.74, 6) is 1.40. The van der Waals surface area contributed by atoms with Crippen LogP contribution in [0.15, 0.2) is 23.1 Å². The van der Waals surface area contributed by atoms with Crippen molar-refractivity contribution in [1.82, 2.24) is 24.4 Å². The van der Waals surface area contributed by atoms with Crippen LogP contribution >= 0.6 is 0 Å². The zero-order valence-electron chi connectivity index (χ0n) is 20.2. The molecule has 1 aliphatic carbocycles. The quantitative estimate of drug-likeness (QED) is 0.424. The molecule has 4 heterocycles. The molecule has 2 N–H and O–H groups in total. The minimum absolute atomic E-state index is 0.00437. The van der Waals surface area contributed by atoms with E-state index in [1.807, 2.05) is 22.9 Å². The van der Waals surface area contributed by atoms with E-state index < -0.39 is 0 Å². The number of nitrogens with one attached hydrogen (secondary N) is 1. The first-order valence-electron chi connectivity index (χ1n) is 12.6. The van der Waals surface area contributed by atoms with Gasteiger partial charge in [-0.1, -0.05) is 13.3 Å². The third kappa shape index (κ3) is 4.46. The number of nitrogens with zero attached hydrogens (tertiary/aromatic N) is 6. The number of unbranched alkanes of at least 4 members (excludes halogenated alkanes) is 1. The summed E-state index contributed by atoms with van der Waals surface area (Å²) in [5, 5.41) is 15.0. The summed E-state index contributed by atoms with van der Waals surface area (Å²) in [5.41, 5.74) is 1.03. The molecule has 5 rings (SSSR count). The van der Waals surface area contributed by atoms with Gasteiger partial charge in [0.25, 0.3) is 5.56 Å². The highest BCUT2D eigenvalue weighted by Gasteiger charge is 2.26. The van der Waals surface area contributed by atoms with E-state index in [0.29, 0.717) is 30.0 Å². The third-order valence-electron chi connectivity index (χ3n) is 7.26. The predicted molar refractivity (Wildman–Crippen MR) is 136 cm³/mol. The zero-order chi connectivity index (χ0) is 23.7. The molecule has 3 aromatic heterocycles. The summed E-state index contributed by atoms with van der Waals surface area (Å²) in [6.07, 6.45) is 6.54. The highest BCUT2D eigenvalue weighted by molar-refractivity contribution is 6.03. The standard InChI is InChI=1S/C25H35N7O2/c1-3-4-11-26-25-27-16-20-19-9-10-21(31-14-12-30(2)13-15-31)28-22(19)24(34)32(23(20)29-25)17-5-7-18(33)8-6-17/h9-10,16-18,33H,3-8,11-15H2,1-2H3,(H,26,27,29)/t17-,18-. The van der Waals surface area contributed by atoms with Crippen LogP contribution in [0.5, 0.6) is 0 Å². The van der Waals surface area contributed by atoms with Crippen LogP contribution in [0.25, 0.3) is 21.9 Å². The molecule has 0 bridgehead atoms. The fourth-order valence-corrected chi connectivity index (χ4v) is 5.11. The molecular formula is C25H35N7O2. The van der Waals surface area contributed by atoms with E-state index in [9.17, 15) is 9.90 Å². The van der Waals surface area contributed by atoms with Crippen LogP contribution < -0.4 is 15.8 Å². The number of aliphatic hydroxyl groups excluding tert-OH is 1. The number of anilines is 2. The van der Waals surface area contributed by atoms with Gasteiger partial charge in [0.2, 0.25) is 5.95 Å². The van der Waals surface area contributed by atoms with Gasteiger partial charge in [0.1, 0.15) is 17.0 Å². The lowest BCUT2D eigenvalue weighted by atomic mass is 9.92. The molecule has 2 fully saturated rings. The number of piperazine rings is 1. The van der Waals surface area contributed by atoms with Crippen LogP contribution in [0.2, 0.25) is 0 Å². The first-order valence-corrected chi connectivity index (χ1v) is 12.6. The second-order valence-corrected chi connectivity index (χ2v) is 9.70. The van der Waals surface area contributed by atoms with Gasteiger partial charge >= 0.3 is 0 Å². The average Bonchev–Trinajstić information content (AvgIpc) is 2.85. The van der Waals surface area contributed by atoms with Gasteiger partial charge < -0.3 is 20.2 Å². The van der Waals surface area contributed by atoms with E-state index in [-0.39, 0.29) is 17.7 Å². The van der Waals surface area contributed by atoms with Crippen molar-refractivity contribution in [1.29, 1.82) is 0 Å². The summed E-state index contributed by atoms with van der Waals surface area (Å²) in [6, 6.07) is 4.01. The van der Waals surface area contributed by atoms with E-state index in [1.165, 1.54) is 0 Å². The van der Waals surface area contributed by atoms with Crippen molar-refractivity contribution < 1.29 is 5.11 Å². The van der Waals surface area contributed by atoms with Gasteiger partial charge in [0.15, 0.2) is 0 Å². The second-order valence-electron chi connectivity index (χ2n) is 9.70. The largest absolute Gasteiger partial charge is 0.393 e. The number of pyridine rings is 2. The van der Waals surface area contributed by atoms with Gasteiger partial charge in [-0.15, -0.1) is 0 Å². The van der Waals surface area contributed by atoms with Gasteiger partial charge in [0, 0.05) is 55.7 Å². The van der Waals surface area contributed by atoms with E-state index in [0.717, 1.165) is 75.0 Å². The number of hydrogen-bond donors (Lipinski definition) is 2. The van der Waals surface area contributed by atoms with Crippen LogP contribution in [-0.2, 0) is 0 Å². The van der Waals surface area contributed by atoms with Crippen molar-refractivity contribution >= 4 is 33.7 Å². The molecular weight excluding hydrogens is 430 g/mol. The van der Waals surface area contributed by atoms with Crippen LogP contribution in [0.1, 0.15) is 51.5 Å². The fraction of sp³-hybridized carbons (Fsp3) is 0.600. The van der Waals surface area contributed by atoms with Crippen LogP contribution in [-0.4, -0.2) is 75.4 Å². The lowest BCUT2D eigenvalue weighted by Crippen LogP contribution is -2.44. The van der Waals surface area contributed by atoms with E-state index in [4.69, 9.17) is 9.97 Å². The number of likely N-dealkylation sites (N-methyl/N-ethyl adjacent to an activating group) is 1. The minimum Gasteiger partial charge on any atom is -0.393 e. The normalized spacial score (nSPS) is 21.9. The molecule has 1 aliphatic heterocycles. The maximum Gasteiger partial charge on any atom is 0.279 e. The summed E-state index contributed by atoms with van der Waals surface area (Å²) in [4.78, 5) is 32.7. The van der Waals surface area contributed by atoms with Gasteiger partial charge in [-0.05, 0) is 51.3 Å². The molecule has 0 unspecified atom stereocenters. The smallest absolute Gasteiger partial charge is 0.279 e. The Morgan fingerprint density at radius 2 is 1.82 bits per heavy atom. The Bertz CT molecular complexity index is 1210. The molecule has 2 aliphatic rings. The number of fused-ring (bicyclic) bond motifs is 3. The number of rotatable bonds is 6. The molecule has 0 radical (unpaired) electrons. The van der Waals surface area contributed by atoms with Gasteiger partial charge in [0.05, 0.1) is 6.10 Å². The molecule has 3 aromatic rings. The van der Waals surface area contributed by atoms with Crippen molar-refractivity contribution in [2.24, 2.45) is 0 Å². The Morgan fingerprint density at radius 3 is 2.56 bits per heavy atom. The Kier molecular flexibility index (Phi) is 6.65. The maximum atomic E-state index is 13.9. The SMILES string of the molecule is CCCCNc1ncc2c3ccc(N4CCN(C)CC4)nc3c(=O)n([C@H]3CC[C@H](O)CC3)c2n1. The average molecular weight is 466 g/mol. The topological polar surface area (TPSA) is 99.4 Å². The number of hydrogen-bond acceptors (Lipinski definition) is 8. The first-order chi connectivity index (χ1) is 16.5. The summed E-state index contributed by atoms with van der Waals surface area (Å²) in [7, 11) is 2.13. The van der Waals surface area contributed by atoms with Crippen molar-refractivity contribution in [3.8, 4) is 0 Å². The van der Waals surface area contributed by atoms with Crippen molar-refractivity contribution in [2.75, 3.05) is 50.0 Å². The molecule has 9 heteroatoms. The molecule has 0 atom stereocenters. The third-order valence-corrected chi connectivity index (χ3v) is 7.26. The van der Waals surface area contributed by atoms with E-state index in [2.05, 4.69) is 34.1 Å². The lowest BCUT2D eigenvalue weighted by molar-refractivity contribution is 0.111. The monoisotopic (exact) mass is 465 g/mol. The maximum absolute atomic E-state index is 13.9. The molecule has 34 heavy (non-hydrogen) atoms. The summed E-state index contributed by atoms with van der Waals surface area (Å²) in [6.45, 7) is 6.70. The number of aliphatic hydroxyl groups is 1. The first kappa shape index (κ1) is 23.0. The van der Waals surface area contributed by atoms with Crippen LogP contribution in [0, 0.1) is 0 Å². The second kappa shape index (κ2) is 9.84. The van der Waals surface area contributed by atoms with E-state index >= 15 is 0 Å². The Labute approximate surface area is 199 Å². The molecule has 0 aromatic carbocycles. The lowest BCUT2D eigenvalue weighted by Gasteiger charge is -2.33. The minimum atomic E-state index is -0.290. The van der Waals surface area contributed by atoms with Crippen LogP contribution in [0.4, 0.5) is 11.8 Å². The highest BCUT2D eigenvalue weighted by Crippen LogP contribution is 2.32. The Balaban J connectivity index is 1.63. The molecule has 1 saturated heterocycles. The Hall–Kier alpha value is -2.78. The van der Waals surface area contributed by atoms with Crippen molar-refractivity contribution in [3.63, 3.8) is 0 Å². The zero-order valence-corrected chi connectivity index (χ0v) is 20.2. The molecule has 0 spiro atoms. The number of aromatic nitrogens is 4. The molecule has 0 amide bonds.